The van der Waals surface area contributed by atoms with Crippen molar-refractivity contribution in [1.82, 2.24) is 4.98 Å². The van der Waals surface area contributed by atoms with E-state index in [1.54, 1.807) is 25.1 Å². The van der Waals surface area contributed by atoms with Gasteiger partial charge in [-0.2, -0.15) is 8.42 Å². The van der Waals surface area contributed by atoms with Crippen molar-refractivity contribution in [1.29, 1.82) is 0 Å². The number of aryl methyl sites for hydroxylation is 1. The molecule has 5 nitrogen and oxygen atoms in total. The fourth-order valence-electron chi connectivity index (χ4n) is 1.93. The molecule has 112 valence electrons. The van der Waals surface area contributed by atoms with Gasteiger partial charge in [-0.25, -0.2) is 9.37 Å². The second-order valence-electron chi connectivity index (χ2n) is 4.51. The van der Waals surface area contributed by atoms with Gasteiger partial charge in [0.1, 0.15) is 5.82 Å². The molecule has 0 atom stereocenters. The van der Waals surface area contributed by atoms with Gasteiger partial charge in [-0.3, -0.25) is 4.72 Å². The molecule has 0 aliphatic carbocycles. The van der Waals surface area contributed by atoms with Gasteiger partial charge < -0.3 is 5.32 Å². The zero-order valence-corrected chi connectivity index (χ0v) is 12.5. The fourth-order valence-corrected chi connectivity index (χ4v) is 3.08. The summed E-state index contributed by atoms with van der Waals surface area (Å²) in [6.07, 6.45) is 1.40. The minimum atomic E-state index is -3.89. The average molecular weight is 309 g/mol. The molecular weight excluding hydrogens is 293 g/mol. The number of hydrogen-bond acceptors (Lipinski definition) is 4. The molecule has 1 aromatic carbocycles. The van der Waals surface area contributed by atoms with Crippen LogP contribution in [0.5, 0.6) is 0 Å². The molecule has 2 N–H and O–H groups in total. The molecule has 0 aliphatic rings. The molecule has 21 heavy (non-hydrogen) atoms. The highest BCUT2D eigenvalue weighted by molar-refractivity contribution is 7.92. The van der Waals surface area contributed by atoms with E-state index < -0.39 is 15.8 Å². The van der Waals surface area contributed by atoms with Gasteiger partial charge in [0, 0.05) is 12.7 Å². The molecule has 1 heterocycles. The topological polar surface area (TPSA) is 71.1 Å². The summed E-state index contributed by atoms with van der Waals surface area (Å²) in [7, 11) is -3.89. The van der Waals surface area contributed by atoms with E-state index in [0.29, 0.717) is 17.8 Å². The van der Waals surface area contributed by atoms with Gasteiger partial charge in [0.15, 0.2) is 5.03 Å². The van der Waals surface area contributed by atoms with E-state index in [1.807, 2.05) is 6.92 Å². The van der Waals surface area contributed by atoms with E-state index in [-0.39, 0.29) is 10.7 Å². The highest BCUT2D eigenvalue weighted by Crippen LogP contribution is 2.22. The second-order valence-corrected chi connectivity index (χ2v) is 6.11. The van der Waals surface area contributed by atoms with Gasteiger partial charge in [-0.05, 0) is 49.7 Å². The quantitative estimate of drug-likeness (QED) is 0.891. The first-order chi connectivity index (χ1) is 9.92. The Morgan fingerprint density at radius 2 is 2.05 bits per heavy atom. The van der Waals surface area contributed by atoms with E-state index in [1.165, 1.54) is 12.3 Å². The van der Waals surface area contributed by atoms with E-state index in [0.717, 1.165) is 6.07 Å². The summed E-state index contributed by atoms with van der Waals surface area (Å²) in [4.78, 5) is 3.90. The number of aromatic nitrogens is 1. The summed E-state index contributed by atoms with van der Waals surface area (Å²) in [6, 6.07) is 7.27. The Labute approximate surface area is 123 Å². The van der Waals surface area contributed by atoms with Crippen LogP contribution in [0.4, 0.5) is 15.8 Å². The molecule has 2 aromatic rings. The Balaban J connectivity index is 2.38. The van der Waals surface area contributed by atoms with Gasteiger partial charge in [0.05, 0.1) is 11.4 Å². The Kier molecular flexibility index (Phi) is 4.42. The van der Waals surface area contributed by atoms with E-state index in [2.05, 4.69) is 15.0 Å². The van der Waals surface area contributed by atoms with Crippen LogP contribution < -0.4 is 10.0 Å². The maximum atomic E-state index is 13.3. The lowest BCUT2D eigenvalue weighted by molar-refractivity contribution is 0.598. The Morgan fingerprint density at radius 1 is 1.29 bits per heavy atom. The summed E-state index contributed by atoms with van der Waals surface area (Å²) in [5.74, 6) is -0.499. The molecule has 7 heteroatoms. The maximum Gasteiger partial charge on any atom is 0.281 e. The minimum absolute atomic E-state index is 0.117. The largest absolute Gasteiger partial charge is 0.383 e. The SMILES string of the molecule is CCNc1cccnc1S(=O)(=O)Nc1cc(C)cc(F)c1. The standard InChI is InChI=1S/C14H16FN3O2S/c1-3-16-13-5-4-6-17-14(13)21(19,20)18-12-8-10(2)7-11(15)9-12/h4-9,16,18H,3H2,1-2H3. The predicted octanol–water partition coefficient (Wildman–Crippen LogP) is 2.76. The number of benzene rings is 1. The van der Waals surface area contributed by atoms with Crippen LogP contribution in [0.2, 0.25) is 0 Å². The lowest BCUT2D eigenvalue weighted by Gasteiger charge is -2.12. The van der Waals surface area contributed by atoms with Crippen molar-refractivity contribution in [2.45, 2.75) is 18.9 Å². The number of hydrogen-bond donors (Lipinski definition) is 2. The Bertz CT molecular complexity index is 727. The van der Waals surface area contributed by atoms with Gasteiger partial charge in [0.25, 0.3) is 10.0 Å². The van der Waals surface area contributed by atoms with Gasteiger partial charge >= 0.3 is 0 Å². The average Bonchev–Trinajstić information content (AvgIpc) is 2.37. The summed E-state index contributed by atoms with van der Waals surface area (Å²) in [5, 5.41) is 2.82. The van der Waals surface area contributed by atoms with Crippen LogP contribution in [0, 0.1) is 12.7 Å². The fraction of sp³-hybridized carbons (Fsp3) is 0.214. The first kappa shape index (κ1) is 15.2. The van der Waals surface area contributed by atoms with Crippen molar-refractivity contribution in [3.05, 3.63) is 47.9 Å². The molecule has 0 bridgehead atoms. The molecule has 1 aromatic heterocycles. The highest BCUT2D eigenvalue weighted by atomic mass is 32.2. The van der Waals surface area contributed by atoms with Crippen molar-refractivity contribution in [3.8, 4) is 0 Å². The second kappa shape index (κ2) is 6.09. The van der Waals surface area contributed by atoms with E-state index in [9.17, 15) is 12.8 Å². The molecule has 0 fully saturated rings. The monoisotopic (exact) mass is 309 g/mol. The van der Waals surface area contributed by atoms with Crippen molar-refractivity contribution in [2.24, 2.45) is 0 Å². The summed E-state index contributed by atoms with van der Waals surface area (Å²) < 4.78 is 40.5. The number of halogens is 1. The molecule has 0 radical (unpaired) electrons. The van der Waals surface area contributed by atoms with E-state index >= 15 is 0 Å². The van der Waals surface area contributed by atoms with Gasteiger partial charge in [-0.1, -0.05) is 0 Å². The minimum Gasteiger partial charge on any atom is -0.383 e. The number of anilines is 2. The van der Waals surface area contributed by atoms with Gasteiger partial charge in [-0.15, -0.1) is 0 Å². The lowest BCUT2D eigenvalue weighted by atomic mass is 10.2. The molecular formula is C14H16FN3O2S. The number of sulfonamides is 1. The van der Waals surface area contributed by atoms with Gasteiger partial charge in [0.2, 0.25) is 0 Å². The highest BCUT2D eigenvalue weighted by Gasteiger charge is 2.20. The molecule has 0 saturated heterocycles. The molecule has 0 amide bonds. The predicted molar refractivity (Wildman–Crippen MR) is 80.3 cm³/mol. The molecule has 0 saturated carbocycles. The van der Waals surface area contributed by atoms with Crippen LogP contribution in [0.1, 0.15) is 12.5 Å². The third-order valence-corrected chi connectivity index (χ3v) is 4.03. The number of rotatable bonds is 5. The molecule has 2 rings (SSSR count). The van der Waals surface area contributed by atoms with Crippen molar-refractivity contribution < 1.29 is 12.8 Å². The number of pyridine rings is 1. The summed E-state index contributed by atoms with van der Waals surface area (Å²) in [5.41, 5.74) is 1.20. The van der Waals surface area contributed by atoms with Crippen LogP contribution in [-0.2, 0) is 10.0 Å². The third kappa shape index (κ3) is 3.69. The van der Waals surface area contributed by atoms with Crippen molar-refractivity contribution >= 4 is 21.4 Å². The Morgan fingerprint density at radius 3 is 2.71 bits per heavy atom. The van der Waals surface area contributed by atoms with Crippen LogP contribution in [-0.4, -0.2) is 19.9 Å². The van der Waals surface area contributed by atoms with Crippen molar-refractivity contribution in [2.75, 3.05) is 16.6 Å². The van der Waals surface area contributed by atoms with E-state index in [4.69, 9.17) is 0 Å². The smallest absolute Gasteiger partial charge is 0.281 e. The van der Waals surface area contributed by atoms with Crippen LogP contribution in [0.3, 0.4) is 0 Å². The molecule has 0 spiro atoms. The number of nitrogens with one attached hydrogen (secondary N) is 2. The first-order valence-electron chi connectivity index (χ1n) is 6.41. The van der Waals surface area contributed by atoms with Crippen LogP contribution in [0.15, 0.2) is 41.6 Å². The molecule has 0 aliphatic heterocycles. The molecule has 0 unspecified atom stereocenters. The Hall–Kier alpha value is -2.15. The van der Waals surface area contributed by atoms with Crippen molar-refractivity contribution in [3.63, 3.8) is 0 Å². The third-order valence-electron chi connectivity index (χ3n) is 2.69. The summed E-state index contributed by atoms with van der Waals surface area (Å²) >= 11 is 0. The van der Waals surface area contributed by atoms with Crippen LogP contribution in [0.25, 0.3) is 0 Å². The number of nitrogens with zero attached hydrogens (tertiary/aromatic N) is 1. The van der Waals surface area contributed by atoms with Crippen LogP contribution >= 0.6 is 0 Å². The normalized spacial score (nSPS) is 11.2. The lowest BCUT2D eigenvalue weighted by Crippen LogP contribution is -2.17. The summed E-state index contributed by atoms with van der Waals surface area (Å²) in [6.45, 7) is 4.10. The zero-order chi connectivity index (χ0) is 15.5. The zero-order valence-electron chi connectivity index (χ0n) is 11.7. The maximum absolute atomic E-state index is 13.3. The first-order valence-corrected chi connectivity index (χ1v) is 7.89.